The van der Waals surface area contributed by atoms with Crippen LogP contribution in [-0.4, -0.2) is 17.7 Å². The van der Waals surface area contributed by atoms with Crippen LogP contribution in [0.15, 0.2) is 60.8 Å². The van der Waals surface area contributed by atoms with Gasteiger partial charge in [-0.05, 0) is 48.5 Å². The number of carbonyl (C=O) groups excluding carboxylic acids is 1. The molecule has 7 nitrogen and oxygen atoms in total. The van der Waals surface area contributed by atoms with Gasteiger partial charge in [-0.1, -0.05) is 0 Å². The Hall–Kier alpha value is -4.05. The Bertz CT molecular complexity index is 1020. The second-order valence-corrected chi connectivity index (χ2v) is 5.77. The summed E-state index contributed by atoms with van der Waals surface area (Å²) in [6, 6.07) is 17.7. The van der Waals surface area contributed by atoms with Crippen molar-refractivity contribution in [1.29, 1.82) is 5.26 Å². The summed E-state index contributed by atoms with van der Waals surface area (Å²) in [5.41, 5.74) is 2.44. The molecular formula is C20H14N4O3. The van der Waals surface area contributed by atoms with Gasteiger partial charge in [0.1, 0.15) is 5.82 Å². The first-order valence-electron chi connectivity index (χ1n) is 8.15. The number of hydrogen-bond donors (Lipinski definition) is 2. The lowest BCUT2D eigenvalue weighted by molar-refractivity contribution is 0.102. The molecule has 2 N–H and O–H groups in total. The highest BCUT2D eigenvalue weighted by molar-refractivity contribution is 6.04. The van der Waals surface area contributed by atoms with E-state index < -0.39 is 0 Å². The van der Waals surface area contributed by atoms with Gasteiger partial charge >= 0.3 is 0 Å². The van der Waals surface area contributed by atoms with Crippen LogP contribution in [0, 0.1) is 11.3 Å². The molecule has 0 spiro atoms. The summed E-state index contributed by atoms with van der Waals surface area (Å²) in [5, 5.41) is 14.7. The number of nitriles is 1. The van der Waals surface area contributed by atoms with Crippen LogP contribution in [0.4, 0.5) is 17.2 Å². The molecule has 1 amide bonds. The Morgan fingerprint density at radius 3 is 2.52 bits per heavy atom. The predicted molar refractivity (Wildman–Crippen MR) is 99.2 cm³/mol. The molecule has 0 radical (unpaired) electrons. The average molecular weight is 358 g/mol. The number of benzene rings is 2. The monoisotopic (exact) mass is 358 g/mol. The molecule has 0 saturated carbocycles. The zero-order valence-electron chi connectivity index (χ0n) is 14.1. The molecule has 0 unspecified atom stereocenters. The maximum Gasteiger partial charge on any atom is 0.257 e. The summed E-state index contributed by atoms with van der Waals surface area (Å²) in [7, 11) is 0. The van der Waals surface area contributed by atoms with E-state index in [1.807, 2.05) is 0 Å². The minimum atomic E-state index is -0.272. The molecule has 0 fully saturated rings. The average Bonchev–Trinajstić information content (AvgIpc) is 3.17. The van der Waals surface area contributed by atoms with Crippen molar-refractivity contribution in [3.8, 4) is 17.6 Å². The van der Waals surface area contributed by atoms with Gasteiger partial charge in [0.2, 0.25) is 6.79 Å². The van der Waals surface area contributed by atoms with Gasteiger partial charge < -0.3 is 20.1 Å². The second-order valence-electron chi connectivity index (χ2n) is 5.77. The Kier molecular flexibility index (Phi) is 4.29. The van der Waals surface area contributed by atoms with E-state index in [0.29, 0.717) is 34.1 Å². The van der Waals surface area contributed by atoms with Gasteiger partial charge in [0.05, 0.1) is 17.2 Å². The molecule has 27 heavy (non-hydrogen) atoms. The van der Waals surface area contributed by atoms with Crippen LogP contribution in [0.1, 0.15) is 15.9 Å². The van der Waals surface area contributed by atoms with Crippen LogP contribution in [0.2, 0.25) is 0 Å². The number of carbonyl (C=O) groups is 1. The van der Waals surface area contributed by atoms with Crippen molar-refractivity contribution in [2.45, 2.75) is 0 Å². The number of fused-ring (bicyclic) bond motifs is 1. The number of nitrogens with one attached hydrogen (secondary N) is 2. The van der Waals surface area contributed by atoms with E-state index in [1.54, 1.807) is 54.6 Å². The van der Waals surface area contributed by atoms with Crippen LogP contribution >= 0.6 is 0 Å². The fraction of sp³-hybridized carbons (Fsp3) is 0.0500. The topological polar surface area (TPSA) is 96.3 Å². The number of amides is 1. The van der Waals surface area contributed by atoms with E-state index in [2.05, 4.69) is 21.7 Å². The van der Waals surface area contributed by atoms with Crippen molar-refractivity contribution in [1.82, 2.24) is 4.98 Å². The number of nitrogens with zero attached hydrogens (tertiary/aromatic N) is 2. The van der Waals surface area contributed by atoms with Crippen molar-refractivity contribution >= 4 is 23.1 Å². The summed E-state index contributed by atoms with van der Waals surface area (Å²) in [5.74, 6) is 1.59. The fourth-order valence-corrected chi connectivity index (χ4v) is 2.56. The van der Waals surface area contributed by atoms with Gasteiger partial charge in [-0.3, -0.25) is 4.79 Å². The Balaban J connectivity index is 1.42. The lowest BCUT2D eigenvalue weighted by Gasteiger charge is -2.08. The third-order valence-corrected chi connectivity index (χ3v) is 3.94. The lowest BCUT2D eigenvalue weighted by Crippen LogP contribution is -2.12. The minimum absolute atomic E-state index is 0.185. The van der Waals surface area contributed by atoms with Crippen molar-refractivity contribution in [2.24, 2.45) is 0 Å². The summed E-state index contributed by atoms with van der Waals surface area (Å²) >= 11 is 0. The molecule has 0 saturated heterocycles. The highest BCUT2D eigenvalue weighted by Crippen LogP contribution is 2.34. The molecule has 0 bridgehead atoms. The van der Waals surface area contributed by atoms with Crippen molar-refractivity contribution in [3.05, 3.63) is 71.9 Å². The molecule has 2 aromatic carbocycles. The maximum atomic E-state index is 12.4. The quantitative estimate of drug-likeness (QED) is 0.738. The molecule has 132 valence electrons. The minimum Gasteiger partial charge on any atom is -0.454 e. The third-order valence-electron chi connectivity index (χ3n) is 3.94. The van der Waals surface area contributed by atoms with Gasteiger partial charge in [-0.15, -0.1) is 0 Å². The van der Waals surface area contributed by atoms with E-state index in [0.717, 1.165) is 5.69 Å². The molecular weight excluding hydrogens is 344 g/mol. The molecule has 0 aliphatic carbocycles. The Morgan fingerprint density at radius 1 is 1.00 bits per heavy atom. The number of aromatic nitrogens is 1. The number of anilines is 3. The predicted octanol–water partition coefficient (Wildman–Crippen LogP) is 3.68. The zero-order chi connectivity index (χ0) is 18.6. The van der Waals surface area contributed by atoms with Gasteiger partial charge in [0.15, 0.2) is 11.5 Å². The van der Waals surface area contributed by atoms with Crippen LogP contribution in [0.25, 0.3) is 0 Å². The van der Waals surface area contributed by atoms with Crippen LogP contribution in [0.5, 0.6) is 11.5 Å². The second kappa shape index (κ2) is 7.06. The van der Waals surface area contributed by atoms with Crippen LogP contribution in [-0.2, 0) is 0 Å². The molecule has 1 aromatic heterocycles. The lowest BCUT2D eigenvalue weighted by atomic mass is 10.2. The summed E-state index contributed by atoms with van der Waals surface area (Å²) in [6.07, 6.45) is 1.49. The van der Waals surface area contributed by atoms with E-state index in [-0.39, 0.29) is 12.7 Å². The van der Waals surface area contributed by atoms with Crippen molar-refractivity contribution in [3.63, 3.8) is 0 Å². The van der Waals surface area contributed by atoms with E-state index in [1.165, 1.54) is 6.20 Å². The zero-order valence-corrected chi connectivity index (χ0v) is 14.1. The van der Waals surface area contributed by atoms with E-state index in [9.17, 15) is 4.79 Å². The van der Waals surface area contributed by atoms with E-state index >= 15 is 0 Å². The first-order valence-corrected chi connectivity index (χ1v) is 8.15. The van der Waals surface area contributed by atoms with Crippen molar-refractivity contribution in [2.75, 3.05) is 17.4 Å². The molecule has 1 aliphatic heterocycles. The summed E-state index contributed by atoms with van der Waals surface area (Å²) in [6.45, 7) is 0.185. The molecule has 4 rings (SSSR count). The number of pyridine rings is 1. The summed E-state index contributed by atoms with van der Waals surface area (Å²) < 4.78 is 10.6. The highest BCUT2D eigenvalue weighted by atomic mass is 16.7. The first kappa shape index (κ1) is 16.4. The van der Waals surface area contributed by atoms with Gasteiger partial charge in [0, 0.05) is 23.6 Å². The molecule has 0 atom stereocenters. The number of rotatable bonds is 4. The Morgan fingerprint density at radius 2 is 1.78 bits per heavy atom. The highest BCUT2D eigenvalue weighted by Gasteiger charge is 2.14. The molecule has 2 heterocycles. The summed E-state index contributed by atoms with van der Waals surface area (Å²) in [4.78, 5) is 16.6. The standard InChI is InChI=1S/C20H14N4O3/c21-10-13-1-4-15(5-2-13)23-19-8-3-14(11-22-19)20(25)24-16-6-7-17-18(9-16)27-12-26-17/h1-9,11H,12H2,(H,22,23)(H,24,25). The first-order chi connectivity index (χ1) is 13.2. The molecule has 3 aromatic rings. The van der Waals surface area contributed by atoms with Crippen LogP contribution < -0.4 is 20.1 Å². The normalized spacial score (nSPS) is 11.5. The van der Waals surface area contributed by atoms with E-state index in [4.69, 9.17) is 14.7 Å². The van der Waals surface area contributed by atoms with Gasteiger partial charge in [-0.2, -0.15) is 5.26 Å². The third kappa shape index (κ3) is 3.65. The van der Waals surface area contributed by atoms with Crippen molar-refractivity contribution < 1.29 is 14.3 Å². The SMILES string of the molecule is N#Cc1ccc(Nc2ccc(C(=O)Nc3ccc4c(c3)OCO4)cn2)cc1. The Labute approximate surface area is 155 Å². The maximum absolute atomic E-state index is 12.4. The van der Waals surface area contributed by atoms with Gasteiger partial charge in [-0.25, -0.2) is 4.98 Å². The molecule has 1 aliphatic rings. The largest absolute Gasteiger partial charge is 0.454 e. The van der Waals surface area contributed by atoms with Crippen LogP contribution in [0.3, 0.4) is 0 Å². The van der Waals surface area contributed by atoms with Gasteiger partial charge in [0.25, 0.3) is 5.91 Å². The number of hydrogen-bond acceptors (Lipinski definition) is 6. The smallest absolute Gasteiger partial charge is 0.257 e. The fourth-order valence-electron chi connectivity index (χ4n) is 2.56. The molecule has 7 heteroatoms. The number of ether oxygens (including phenoxy) is 2.